The molecule has 0 unspecified atom stereocenters. The fourth-order valence-electron chi connectivity index (χ4n) is 0.846. The molecule has 0 heterocycles. The Balaban J connectivity index is 3.56. The summed E-state index contributed by atoms with van der Waals surface area (Å²) in [6, 6.07) is 0. The summed E-state index contributed by atoms with van der Waals surface area (Å²) in [5, 5.41) is 0. The normalized spacial score (nSPS) is 12.9. The Hall–Kier alpha value is -0.520. The van der Waals surface area contributed by atoms with E-state index >= 15 is 0 Å². The van der Waals surface area contributed by atoms with E-state index in [1.807, 2.05) is 0 Å². The monoisotopic (exact) mass is 138 g/mol. The van der Waals surface area contributed by atoms with Gasteiger partial charge < -0.3 is 0 Å². The van der Waals surface area contributed by atoms with Crippen molar-refractivity contribution in [2.24, 2.45) is 0 Å². The van der Waals surface area contributed by atoms with Gasteiger partial charge in [0.25, 0.3) is 0 Å². The minimum absolute atomic E-state index is 1.13. The van der Waals surface area contributed by atoms with Gasteiger partial charge in [-0.05, 0) is 19.8 Å². The maximum Gasteiger partial charge on any atom is -0.0323 e. The van der Waals surface area contributed by atoms with E-state index in [9.17, 15) is 0 Å². The molecule has 10 heavy (non-hydrogen) atoms. The summed E-state index contributed by atoms with van der Waals surface area (Å²) in [7, 11) is 0. The molecule has 0 nitrogen and oxygen atoms in total. The van der Waals surface area contributed by atoms with Gasteiger partial charge in [-0.25, -0.2) is 0 Å². The van der Waals surface area contributed by atoms with Crippen LogP contribution in [0.1, 0.15) is 40.0 Å². The van der Waals surface area contributed by atoms with E-state index in [4.69, 9.17) is 0 Å². The van der Waals surface area contributed by atoms with Crippen LogP contribution in [0.25, 0.3) is 0 Å². The molecule has 0 aliphatic rings. The Labute approximate surface area is 64.6 Å². The van der Waals surface area contributed by atoms with Gasteiger partial charge in [0.2, 0.25) is 0 Å². The molecule has 0 aromatic heterocycles. The van der Waals surface area contributed by atoms with Crippen molar-refractivity contribution in [2.45, 2.75) is 40.0 Å². The SMILES string of the molecule is CC/C=C/C=C(/C)CCC. The summed E-state index contributed by atoms with van der Waals surface area (Å²) in [5.41, 5.74) is 1.48. The van der Waals surface area contributed by atoms with Gasteiger partial charge in [0, 0.05) is 0 Å². The van der Waals surface area contributed by atoms with Crippen LogP contribution in [0.3, 0.4) is 0 Å². The molecule has 0 rings (SSSR count). The summed E-state index contributed by atoms with van der Waals surface area (Å²) in [6.07, 6.45) is 10.1. The van der Waals surface area contributed by atoms with Crippen LogP contribution in [0.4, 0.5) is 0 Å². The van der Waals surface area contributed by atoms with E-state index in [1.165, 1.54) is 18.4 Å². The molecule has 0 saturated carbocycles. The van der Waals surface area contributed by atoms with E-state index in [1.54, 1.807) is 0 Å². The van der Waals surface area contributed by atoms with Crippen molar-refractivity contribution in [1.29, 1.82) is 0 Å². The molecule has 0 fully saturated rings. The quantitative estimate of drug-likeness (QED) is 0.520. The first kappa shape index (κ1) is 9.48. The first-order valence-electron chi connectivity index (χ1n) is 4.13. The average molecular weight is 138 g/mol. The maximum atomic E-state index is 2.21. The lowest BCUT2D eigenvalue weighted by atomic mass is 10.1. The van der Waals surface area contributed by atoms with E-state index < -0.39 is 0 Å². The van der Waals surface area contributed by atoms with E-state index in [-0.39, 0.29) is 0 Å². The molecule has 0 saturated heterocycles. The van der Waals surface area contributed by atoms with Gasteiger partial charge in [0.1, 0.15) is 0 Å². The summed E-state index contributed by atoms with van der Waals surface area (Å²) >= 11 is 0. The number of hydrogen-bond donors (Lipinski definition) is 0. The van der Waals surface area contributed by atoms with Crippen LogP contribution in [-0.4, -0.2) is 0 Å². The van der Waals surface area contributed by atoms with Crippen molar-refractivity contribution in [3.05, 3.63) is 23.8 Å². The largest absolute Gasteiger partial charge is 0.0848 e. The average Bonchev–Trinajstić information content (AvgIpc) is 1.89. The summed E-state index contributed by atoms with van der Waals surface area (Å²) in [6.45, 7) is 6.55. The summed E-state index contributed by atoms with van der Waals surface area (Å²) < 4.78 is 0. The predicted molar refractivity (Wildman–Crippen MR) is 48.1 cm³/mol. The van der Waals surface area contributed by atoms with Gasteiger partial charge in [-0.1, -0.05) is 44.1 Å². The third-order valence-electron chi connectivity index (χ3n) is 1.40. The molecule has 0 radical (unpaired) electrons. The lowest BCUT2D eigenvalue weighted by Crippen LogP contribution is -1.72. The summed E-state index contributed by atoms with van der Waals surface area (Å²) in [4.78, 5) is 0. The van der Waals surface area contributed by atoms with Crippen LogP contribution >= 0.6 is 0 Å². The first-order chi connectivity index (χ1) is 4.81. The molecule has 0 bridgehead atoms. The van der Waals surface area contributed by atoms with Gasteiger partial charge >= 0.3 is 0 Å². The fraction of sp³-hybridized carbons (Fsp3) is 0.600. The predicted octanol–water partition coefficient (Wildman–Crippen LogP) is 3.70. The highest BCUT2D eigenvalue weighted by atomic mass is 13.9. The summed E-state index contributed by atoms with van der Waals surface area (Å²) in [5.74, 6) is 0. The second-order valence-corrected chi connectivity index (χ2v) is 2.60. The van der Waals surface area contributed by atoms with Crippen LogP contribution in [0.2, 0.25) is 0 Å². The van der Waals surface area contributed by atoms with Crippen LogP contribution in [0.5, 0.6) is 0 Å². The number of rotatable bonds is 4. The second kappa shape index (κ2) is 6.60. The number of hydrogen-bond acceptors (Lipinski definition) is 0. The van der Waals surface area contributed by atoms with Crippen molar-refractivity contribution < 1.29 is 0 Å². The van der Waals surface area contributed by atoms with Gasteiger partial charge in [-0.3, -0.25) is 0 Å². The van der Waals surface area contributed by atoms with E-state index in [0.717, 1.165) is 6.42 Å². The van der Waals surface area contributed by atoms with E-state index in [0.29, 0.717) is 0 Å². The Morgan fingerprint density at radius 1 is 1.30 bits per heavy atom. The molecule has 58 valence electrons. The molecule has 0 amide bonds. The standard InChI is InChI=1S/C10H18/c1-4-6-7-9-10(3)8-5-2/h6-7,9H,4-5,8H2,1-3H3/b7-6+,10-9-. The van der Waals surface area contributed by atoms with Gasteiger partial charge in [0.05, 0.1) is 0 Å². The minimum atomic E-state index is 1.13. The fourth-order valence-corrected chi connectivity index (χ4v) is 0.846. The molecule has 0 heteroatoms. The Morgan fingerprint density at radius 3 is 2.50 bits per heavy atom. The Bertz CT molecular complexity index is 118. The second-order valence-electron chi connectivity index (χ2n) is 2.60. The van der Waals surface area contributed by atoms with Crippen LogP contribution < -0.4 is 0 Å². The highest BCUT2D eigenvalue weighted by Crippen LogP contribution is 2.02. The van der Waals surface area contributed by atoms with Crippen LogP contribution in [0, 0.1) is 0 Å². The Kier molecular flexibility index (Phi) is 6.25. The number of allylic oxidation sites excluding steroid dienone is 4. The Morgan fingerprint density at radius 2 is 2.00 bits per heavy atom. The molecule has 0 atom stereocenters. The van der Waals surface area contributed by atoms with Crippen LogP contribution in [0.15, 0.2) is 23.8 Å². The van der Waals surface area contributed by atoms with Gasteiger partial charge in [0.15, 0.2) is 0 Å². The van der Waals surface area contributed by atoms with Gasteiger partial charge in [-0.2, -0.15) is 0 Å². The molecular formula is C10H18. The third kappa shape index (κ3) is 5.61. The zero-order valence-corrected chi connectivity index (χ0v) is 7.35. The molecule has 0 aliphatic carbocycles. The smallest absolute Gasteiger partial charge is 0.0323 e. The minimum Gasteiger partial charge on any atom is -0.0848 e. The molecular weight excluding hydrogens is 120 g/mol. The highest BCUT2D eigenvalue weighted by Gasteiger charge is 1.81. The molecule has 0 aliphatic heterocycles. The molecule has 0 aromatic carbocycles. The van der Waals surface area contributed by atoms with Crippen molar-refractivity contribution in [2.75, 3.05) is 0 Å². The zero-order valence-electron chi connectivity index (χ0n) is 7.35. The van der Waals surface area contributed by atoms with E-state index in [2.05, 4.69) is 39.0 Å². The molecule has 0 aromatic rings. The zero-order chi connectivity index (χ0) is 7.82. The third-order valence-corrected chi connectivity index (χ3v) is 1.40. The maximum absolute atomic E-state index is 2.21. The van der Waals surface area contributed by atoms with Gasteiger partial charge in [-0.15, -0.1) is 0 Å². The van der Waals surface area contributed by atoms with Crippen molar-refractivity contribution >= 4 is 0 Å². The molecule has 0 spiro atoms. The van der Waals surface area contributed by atoms with Crippen LogP contribution in [-0.2, 0) is 0 Å². The molecule has 0 N–H and O–H groups in total. The van der Waals surface area contributed by atoms with Crippen molar-refractivity contribution in [3.8, 4) is 0 Å². The highest BCUT2D eigenvalue weighted by molar-refractivity contribution is 5.09. The lowest BCUT2D eigenvalue weighted by Gasteiger charge is -1.92. The topological polar surface area (TPSA) is 0 Å². The first-order valence-corrected chi connectivity index (χ1v) is 4.13. The van der Waals surface area contributed by atoms with Crippen molar-refractivity contribution in [3.63, 3.8) is 0 Å². The lowest BCUT2D eigenvalue weighted by molar-refractivity contribution is 0.905. The van der Waals surface area contributed by atoms with Crippen molar-refractivity contribution in [1.82, 2.24) is 0 Å².